The van der Waals surface area contributed by atoms with E-state index in [2.05, 4.69) is 17.3 Å². The second kappa shape index (κ2) is 11.2. The van der Waals surface area contributed by atoms with Gasteiger partial charge in [0.1, 0.15) is 25.1 Å². The second-order valence-corrected chi connectivity index (χ2v) is 10.9. The van der Waals surface area contributed by atoms with E-state index in [9.17, 15) is 13.2 Å². The lowest BCUT2D eigenvalue weighted by atomic mass is 10.1. The minimum atomic E-state index is -3.53. The summed E-state index contributed by atoms with van der Waals surface area (Å²) < 4.78 is 43.2. The Morgan fingerprint density at radius 1 is 1.09 bits per heavy atom. The number of hydrogen-bond acceptors (Lipinski definition) is 7. The molecule has 2 aliphatic heterocycles. The highest BCUT2D eigenvalue weighted by atomic mass is 32.2. The van der Waals surface area contributed by atoms with Gasteiger partial charge in [0.05, 0.1) is 11.9 Å². The molecule has 0 spiro atoms. The second-order valence-electron chi connectivity index (χ2n) is 8.96. The van der Waals surface area contributed by atoms with Gasteiger partial charge in [0.15, 0.2) is 11.5 Å². The van der Waals surface area contributed by atoms with Gasteiger partial charge in [0, 0.05) is 37.8 Å². The minimum Gasteiger partial charge on any atom is -0.490 e. The van der Waals surface area contributed by atoms with Crippen molar-refractivity contribution in [2.75, 3.05) is 55.8 Å². The molecular weight excluding hydrogens is 470 g/mol. The average molecular weight is 504 g/mol. The summed E-state index contributed by atoms with van der Waals surface area (Å²) in [6.45, 7) is 3.12. The molecule has 0 bridgehead atoms. The van der Waals surface area contributed by atoms with E-state index in [-0.39, 0.29) is 25.0 Å². The number of carbonyl (C=O) groups excluding carboxylic acids is 1. The Labute approximate surface area is 207 Å². The average Bonchev–Trinajstić information content (AvgIpc) is 2.83. The third-order valence-corrected chi connectivity index (χ3v) is 7.28. The fourth-order valence-corrected chi connectivity index (χ4v) is 5.15. The largest absolute Gasteiger partial charge is 0.490 e. The number of nitrogens with zero attached hydrogens (tertiary/aromatic N) is 2. The molecule has 1 fully saturated rings. The van der Waals surface area contributed by atoms with Crippen LogP contribution in [0.3, 0.4) is 0 Å². The maximum Gasteiger partial charge on any atom is 0.232 e. The molecular formula is C25H33N3O6S. The molecule has 2 aliphatic rings. The van der Waals surface area contributed by atoms with E-state index in [1.54, 1.807) is 18.2 Å². The lowest BCUT2D eigenvalue weighted by Gasteiger charge is -2.29. The number of sulfonamides is 1. The van der Waals surface area contributed by atoms with E-state index < -0.39 is 10.0 Å². The van der Waals surface area contributed by atoms with Crippen molar-refractivity contribution in [2.45, 2.75) is 31.8 Å². The number of amides is 1. The van der Waals surface area contributed by atoms with Gasteiger partial charge in [-0.25, -0.2) is 8.42 Å². The normalized spacial score (nSPS) is 16.5. The van der Waals surface area contributed by atoms with Crippen LogP contribution >= 0.6 is 0 Å². The Morgan fingerprint density at radius 3 is 2.46 bits per heavy atom. The first kappa shape index (κ1) is 25.1. The number of benzene rings is 2. The number of piperidine rings is 1. The lowest BCUT2D eigenvalue weighted by molar-refractivity contribution is -0.116. The van der Waals surface area contributed by atoms with E-state index in [4.69, 9.17) is 14.2 Å². The number of ether oxygens (including phenoxy) is 3. The Hall–Kier alpha value is -2.98. The van der Waals surface area contributed by atoms with Crippen LogP contribution < -0.4 is 23.8 Å². The Bertz CT molecular complexity index is 1110. The topological polar surface area (TPSA) is 97.4 Å². The molecule has 190 valence electrons. The van der Waals surface area contributed by atoms with Gasteiger partial charge in [0.25, 0.3) is 0 Å². The number of fused-ring (bicyclic) bond motifs is 1. The summed E-state index contributed by atoms with van der Waals surface area (Å²) in [5.74, 6) is 1.73. The predicted molar refractivity (Wildman–Crippen MR) is 135 cm³/mol. The van der Waals surface area contributed by atoms with Crippen LogP contribution in [0.5, 0.6) is 17.2 Å². The zero-order valence-electron chi connectivity index (χ0n) is 20.2. The van der Waals surface area contributed by atoms with Crippen molar-refractivity contribution in [2.24, 2.45) is 0 Å². The summed E-state index contributed by atoms with van der Waals surface area (Å²) in [5, 5.41) is 2.87. The summed E-state index contributed by atoms with van der Waals surface area (Å²) in [6, 6.07) is 12.4. The predicted octanol–water partition coefficient (Wildman–Crippen LogP) is 3.12. The molecule has 9 nitrogen and oxygen atoms in total. The first-order chi connectivity index (χ1) is 16.8. The number of carbonyl (C=O) groups is 1. The molecule has 1 amide bonds. The van der Waals surface area contributed by atoms with E-state index in [1.807, 2.05) is 24.3 Å². The molecule has 10 heteroatoms. The van der Waals surface area contributed by atoms with Crippen LogP contribution in [0.4, 0.5) is 11.4 Å². The molecule has 1 saturated heterocycles. The van der Waals surface area contributed by atoms with E-state index in [0.717, 1.165) is 37.9 Å². The summed E-state index contributed by atoms with van der Waals surface area (Å²) in [7, 11) is -1.42. The third-order valence-electron chi connectivity index (χ3n) is 6.09. The first-order valence-electron chi connectivity index (χ1n) is 11.9. The Kier molecular flexibility index (Phi) is 8.02. The Balaban J connectivity index is 1.27. The van der Waals surface area contributed by atoms with Crippen molar-refractivity contribution in [1.82, 2.24) is 4.90 Å². The standard InChI is InChI=1S/C25H33N3O6S/c1-27-14-11-22(12-15-27)34-21-8-5-19(6-9-21)26-25(29)4-3-13-28(35(2,30)31)20-7-10-23-24(18-20)33-17-16-32-23/h5-10,18,22H,3-4,11-17H2,1-2H3,(H,26,29). The molecule has 2 aromatic rings. The molecule has 0 aliphatic carbocycles. The van der Waals surface area contributed by atoms with Gasteiger partial charge < -0.3 is 24.4 Å². The summed E-state index contributed by atoms with van der Waals surface area (Å²) in [4.78, 5) is 14.7. The maximum atomic E-state index is 12.5. The van der Waals surface area contributed by atoms with Crippen molar-refractivity contribution >= 4 is 27.3 Å². The van der Waals surface area contributed by atoms with Crippen LogP contribution in [0, 0.1) is 0 Å². The van der Waals surface area contributed by atoms with E-state index in [1.165, 1.54) is 4.31 Å². The Morgan fingerprint density at radius 2 is 1.77 bits per heavy atom. The van der Waals surface area contributed by atoms with Crippen LogP contribution in [0.25, 0.3) is 0 Å². The smallest absolute Gasteiger partial charge is 0.232 e. The minimum absolute atomic E-state index is 0.176. The van der Waals surface area contributed by atoms with Crippen molar-refractivity contribution in [3.8, 4) is 17.2 Å². The van der Waals surface area contributed by atoms with Crippen LogP contribution in [0.1, 0.15) is 25.7 Å². The number of likely N-dealkylation sites (tertiary alicyclic amines) is 1. The van der Waals surface area contributed by atoms with Gasteiger partial charge in [-0.2, -0.15) is 0 Å². The molecule has 0 saturated carbocycles. The van der Waals surface area contributed by atoms with Crippen molar-refractivity contribution in [3.05, 3.63) is 42.5 Å². The molecule has 0 aromatic heterocycles. The molecule has 1 N–H and O–H groups in total. The number of nitrogens with one attached hydrogen (secondary N) is 1. The zero-order chi connectivity index (χ0) is 24.8. The molecule has 2 aromatic carbocycles. The molecule has 4 rings (SSSR count). The van der Waals surface area contributed by atoms with Crippen LogP contribution in [0.2, 0.25) is 0 Å². The zero-order valence-corrected chi connectivity index (χ0v) is 21.1. The van der Waals surface area contributed by atoms with Gasteiger partial charge in [-0.05, 0) is 62.7 Å². The first-order valence-corrected chi connectivity index (χ1v) is 13.8. The monoisotopic (exact) mass is 503 g/mol. The SMILES string of the molecule is CN1CCC(Oc2ccc(NC(=O)CCCN(c3ccc4c(c3)OCCO4)S(C)(=O)=O)cc2)CC1. The number of hydrogen-bond donors (Lipinski definition) is 1. The summed E-state index contributed by atoms with van der Waals surface area (Å²) in [6.07, 6.45) is 3.93. The molecule has 0 radical (unpaired) electrons. The van der Waals surface area contributed by atoms with Gasteiger partial charge in [0.2, 0.25) is 15.9 Å². The highest BCUT2D eigenvalue weighted by Gasteiger charge is 2.21. The van der Waals surface area contributed by atoms with Crippen LogP contribution in [-0.2, 0) is 14.8 Å². The fourth-order valence-electron chi connectivity index (χ4n) is 4.19. The van der Waals surface area contributed by atoms with Gasteiger partial charge in [-0.1, -0.05) is 0 Å². The van der Waals surface area contributed by atoms with Crippen LogP contribution in [-0.4, -0.2) is 71.5 Å². The van der Waals surface area contributed by atoms with E-state index in [0.29, 0.717) is 42.5 Å². The van der Waals surface area contributed by atoms with Gasteiger partial charge >= 0.3 is 0 Å². The molecule has 0 unspecified atom stereocenters. The number of rotatable bonds is 9. The maximum absolute atomic E-state index is 12.5. The highest BCUT2D eigenvalue weighted by molar-refractivity contribution is 7.92. The fraction of sp³-hybridized carbons (Fsp3) is 0.480. The van der Waals surface area contributed by atoms with Gasteiger partial charge in [-0.3, -0.25) is 9.10 Å². The van der Waals surface area contributed by atoms with Crippen LogP contribution in [0.15, 0.2) is 42.5 Å². The van der Waals surface area contributed by atoms with Crippen molar-refractivity contribution < 1.29 is 27.4 Å². The van der Waals surface area contributed by atoms with Crippen molar-refractivity contribution in [3.63, 3.8) is 0 Å². The van der Waals surface area contributed by atoms with Gasteiger partial charge in [-0.15, -0.1) is 0 Å². The molecule has 2 heterocycles. The third kappa shape index (κ3) is 7.02. The molecule has 0 atom stereocenters. The quantitative estimate of drug-likeness (QED) is 0.562. The number of anilines is 2. The van der Waals surface area contributed by atoms with Crippen molar-refractivity contribution in [1.29, 1.82) is 0 Å². The lowest BCUT2D eigenvalue weighted by Crippen LogP contribution is -2.35. The summed E-state index contributed by atoms with van der Waals surface area (Å²) in [5.41, 5.74) is 1.16. The summed E-state index contributed by atoms with van der Waals surface area (Å²) >= 11 is 0. The highest BCUT2D eigenvalue weighted by Crippen LogP contribution is 2.34. The molecule has 35 heavy (non-hydrogen) atoms. The van der Waals surface area contributed by atoms with E-state index >= 15 is 0 Å².